The number of hydrogen-bond acceptors (Lipinski definition) is 3. The average Bonchev–Trinajstić information content (AvgIpc) is 2.23. The summed E-state index contributed by atoms with van der Waals surface area (Å²) in [5.74, 6) is -0.775. The number of rotatable bonds is 6. The maximum Gasteiger partial charge on any atom is 0.319 e. The molecule has 0 aromatic heterocycles. The Balaban J connectivity index is 2.82. The largest absolute Gasteiger partial charge is 0.480 e. The predicted molar refractivity (Wildman–Crippen MR) is 72.9 cm³/mol. The summed E-state index contributed by atoms with van der Waals surface area (Å²) in [5.41, 5.74) is 8.44. The fourth-order valence-electron chi connectivity index (χ4n) is 1.94. The van der Waals surface area contributed by atoms with Gasteiger partial charge in [-0.3, -0.25) is 9.00 Å². The number of nitrogens with two attached hydrogens (primary N) is 1. The van der Waals surface area contributed by atoms with Crippen LogP contribution in [0, 0.1) is 13.8 Å². The SMILES string of the molecule is Cc1cc(C)cc(CS(=O)C(CCN)C(=O)O)c1. The molecule has 5 heteroatoms. The highest BCUT2D eigenvalue weighted by Gasteiger charge is 2.23. The minimum absolute atomic E-state index is 0.232. The number of carboxylic acids is 1. The number of carboxylic acid groups (broad SMARTS) is 1. The fraction of sp³-hybridized carbons (Fsp3) is 0.462. The van der Waals surface area contributed by atoms with Gasteiger partial charge in [-0.2, -0.15) is 0 Å². The standard InChI is InChI=1S/C13H19NO3S/c1-9-5-10(2)7-11(6-9)8-18(17)12(3-4-14)13(15)16/h5-7,12H,3-4,8,14H2,1-2H3,(H,15,16). The van der Waals surface area contributed by atoms with E-state index in [1.54, 1.807) is 0 Å². The van der Waals surface area contributed by atoms with Crippen LogP contribution in [0.25, 0.3) is 0 Å². The predicted octanol–water partition coefficient (Wildman–Crippen LogP) is 1.35. The lowest BCUT2D eigenvalue weighted by molar-refractivity contribution is -0.136. The van der Waals surface area contributed by atoms with Gasteiger partial charge in [0, 0.05) is 16.6 Å². The zero-order valence-electron chi connectivity index (χ0n) is 10.7. The van der Waals surface area contributed by atoms with Gasteiger partial charge in [0.05, 0.1) is 0 Å². The van der Waals surface area contributed by atoms with Gasteiger partial charge in [0.25, 0.3) is 0 Å². The van der Waals surface area contributed by atoms with Gasteiger partial charge in [-0.1, -0.05) is 29.3 Å². The number of benzene rings is 1. The first-order chi connectivity index (χ1) is 8.43. The van der Waals surface area contributed by atoms with Crippen LogP contribution in [0.1, 0.15) is 23.1 Å². The van der Waals surface area contributed by atoms with Crippen molar-refractivity contribution in [1.82, 2.24) is 0 Å². The molecule has 0 saturated heterocycles. The highest BCUT2D eigenvalue weighted by atomic mass is 32.2. The molecule has 0 heterocycles. The van der Waals surface area contributed by atoms with E-state index in [2.05, 4.69) is 0 Å². The first-order valence-corrected chi connectivity index (χ1v) is 7.19. The van der Waals surface area contributed by atoms with Crippen molar-refractivity contribution in [2.75, 3.05) is 6.54 Å². The summed E-state index contributed by atoms with van der Waals surface area (Å²) in [6.45, 7) is 4.16. The van der Waals surface area contributed by atoms with Crippen molar-refractivity contribution in [2.45, 2.75) is 31.3 Å². The van der Waals surface area contributed by atoms with Gasteiger partial charge >= 0.3 is 5.97 Å². The molecule has 2 unspecified atom stereocenters. The molecule has 1 aromatic rings. The Hall–Kier alpha value is -1.20. The van der Waals surface area contributed by atoms with E-state index in [0.717, 1.165) is 16.7 Å². The normalized spacial score (nSPS) is 14.2. The van der Waals surface area contributed by atoms with Gasteiger partial charge in [-0.05, 0) is 32.4 Å². The Labute approximate surface area is 110 Å². The van der Waals surface area contributed by atoms with E-state index in [4.69, 9.17) is 10.8 Å². The van der Waals surface area contributed by atoms with Crippen molar-refractivity contribution in [1.29, 1.82) is 0 Å². The second-order valence-electron chi connectivity index (χ2n) is 4.43. The molecule has 1 aromatic carbocycles. The van der Waals surface area contributed by atoms with Crippen molar-refractivity contribution in [3.63, 3.8) is 0 Å². The summed E-state index contributed by atoms with van der Waals surface area (Å²) in [5, 5.41) is 8.13. The smallest absolute Gasteiger partial charge is 0.319 e. The van der Waals surface area contributed by atoms with Crippen molar-refractivity contribution in [2.24, 2.45) is 5.73 Å². The van der Waals surface area contributed by atoms with E-state index in [9.17, 15) is 9.00 Å². The van der Waals surface area contributed by atoms with Gasteiger partial charge in [-0.15, -0.1) is 0 Å². The zero-order chi connectivity index (χ0) is 13.7. The summed E-state index contributed by atoms with van der Waals surface area (Å²) in [6.07, 6.45) is 0.243. The number of hydrogen-bond donors (Lipinski definition) is 2. The fourth-order valence-corrected chi connectivity index (χ4v) is 3.26. The molecule has 1 rings (SSSR count). The van der Waals surface area contributed by atoms with Crippen LogP contribution in [0.3, 0.4) is 0 Å². The molecule has 0 bridgehead atoms. The zero-order valence-corrected chi connectivity index (χ0v) is 11.5. The van der Waals surface area contributed by atoms with Gasteiger partial charge in [0.1, 0.15) is 5.25 Å². The molecule has 100 valence electrons. The molecule has 0 fully saturated rings. The Kier molecular flexibility index (Phi) is 5.50. The topological polar surface area (TPSA) is 80.4 Å². The molecule has 0 aliphatic heterocycles. The third-order valence-corrected chi connectivity index (χ3v) is 4.30. The number of carbonyl (C=O) groups is 1. The van der Waals surface area contributed by atoms with Crippen LogP contribution < -0.4 is 5.73 Å². The molecular formula is C13H19NO3S. The van der Waals surface area contributed by atoms with Crippen LogP contribution in [0.2, 0.25) is 0 Å². The van der Waals surface area contributed by atoms with Gasteiger partial charge < -0.3 is 10.8 Å². The third-order valence-electron chi connectivity index (χ3n) is 2.61. The molecule has 2 atom stereocenters. The Morgan fingerprint density at radius 2 is 1.89 bits per heavy atom. The van der Waals surface area contributed by atoms with E-state index in [-0.39, 0.29) is 18.7 Å². The molecule has 3 N–H and O–H groups in total. The van der Waals surface area contributed by atoms with Gasteiger partial charge in [0.15, 0.2) is 0 Å². The summed E-state index contributed by atoms with van der Waals surface area (Å²) < 4.78 is 12.0. The van der Waals surface area contributed by atoms with Crippen LogP contribution in [-0.4, -0.2) is 27.1 Å². The van der Waals surface area contributed by atoms with Gasteiger partial charge in [-0.25, -0.2) is 0 Å². The maximum atomic E-state index is 12.0. The molecule has 0 spiro atoms. The quantitative estimate of drug-likeness (QED) is 0.817. The Morgan fingerprint density at radius 3 is 2.33 bits per heavy atom. The van der Waals surface area contributed by atoms with E-state index in [1.807, 2.05) is 32.0 Å². The van der Waals surface area contributed by atoms with E-state index in [0.29, 0.717) is 0 Å². The molecule has 4 nitrogen and oxygen atoms in total. The van der Waals surface area contributed by atoms with Gasteiger partial charge in [0.2, 0.25) is 0 Å². The van der Waals surface area contributed by atoms with E-state index >= 15 is 0 Å². The highest BCUT2D eigenvalue weighted by molar-refractivity contribution is 7.85. The molecule has 0 aliphatic carbocycles. The number of aryl methyl sites for hydroxylation is 2. The minimum Gasteiger partial charge on any atom is -0.480 e. The van der Waals surface area contributed by atoms with Crippen LogP contribution >= 0.6 is 0 Å². The summed E-state index contributed by atoms with van der Waals surface area (Å²) in [6, 6.07) is 5.90. The monoisotopic (exact) mass is 269 g/mol. The molecule has 0 amide bonds. The van der Waals surface area contributed by atoms with Crippen LogP contribution in [0.4, 0.5) is 0 Å². The number of aliphatic carboxylic acids is 1. The first-order valence-electron chi connectivity index (χ1n) is 5.81. The molecule has 0 radical (unpaired) electrons. The molecule has 0 saturated carbocycles. The van der Waals surface area contributed by atoms with Crippen molar-refractivity contribution in [3.8, 4) is 0 Å². The minimum atomic E-state index is -1.43. The van der Waals surface area contributed by atoms with Crippen molar-refractivity contribution >= 4 is 16.8 Å². The molecule has 0 aliphatic rings. The lowest BCUT2D eigenvalue weighted by atomic mass is 10.1. The lowest BCUT2D eigenvalue weighted by Gasteiger charge is -2.11. The third kappa shape index (κ3) is 4.23. The Morgan fingerprint density at radius 1 is 1.33 bits per heavy atom. The van der Waals surface area contributed by atoms with Crippen molar-refractivity contribution < 1.29 is 14.1 Å². The summed E-state index contributed by atoms with van der Waals surface area (Å²) in [4.78, 5) is 11.0. The highest BCUT2D eigenvalue weighted by Crippen LogP contribution is 2.14. The van der Waals surface area contributed by atoms with Crippen LogP contribution in [0.5, 0.6) is 0 Å². The molecular weight excluding hydrogens is 250 g/mol. The summed E-state index contributed by atoms with van der Waals surface area (Å²) >= 11 is 0. The van der Waals surface area contributed by atoms with E-state index in [1.165, 1.54) is 0 Å². The van der Waals surface area contributed by atoms with Crippen molar-refractivity contribution in [3.05, 3.63) is 34.9 Å². The molecule has 18 heavy (non-hydrogen) atoms. The van der Waals surface area contributed by atoms with Crippen LogP contribution in [-0.2, 0) is 21.3 Å². The lowest BCUT2D eigenvalue weighted by Crippen LogP contribution is -2.29. The van der Waals surface area contributed by atoms with E-state index < -0.39 is 22.0 Å². The maximum absolute atomic E-state index is 12.0. The average molecular weight is 269 g/mol. The second-order valence-corrected chi connectivity index (χ2v) is 6.04. The first kappa shape index (κ1) is 14.9. The second kappa shape index (κ2) is 6.66. The Bertz CT molecular complexity index is 439. The van der Waals surface area contributed by atoms with Crippen LogP contribution in [0.15, 0.2) is 18.2 Å². The summed E-state index contributed by atoms with van der Waals surface area (Å²) in [7, 11) is -1.43.